The summed E-state index contributed by atoms with van der Waals surface area (Å²) in [7, 11) is 1.32. The van der Waals surface area contributed by atoms with Crippen LogP contribution in [-0.2, 0) is 4.74 Å². The van der Waals surface area contributed by atoms with Crippen molar-refractivity contribution in [2.24, 2.45) is 0 Å². The van der Waals surface area contributed by atoms with E-state index in [1.165, 1.54) is 23.4 Å². The topological polar surface area (TPSA) is 57.5 Å². The van der Waals surface area contributed by atoms with Crippen LogP contribution in [-0.4, -0.2) is 30.2 Å². The van der Waals surface area contributed by atoms with E-state index in [0.717, 1.165) is 4.47 Å². The van der Waals surface area contributed by atoms with Gasteiger partial charge in [-0.1, -0.05) is 38.1 Å². The van der Waals surface area contributed by atoms with Crippen LogP contribution >= 0.6 is 15.9 Å². The standard InChI is InChI=1S/C21H20BrNO4/c1-13(2)14-8-9-19(17(22)10-14)27-12-20(24)23-11-16(21(25)26-3)15-6-4-5-7-18(15)23/h4-11,13H,12H2,1-3H3. The van der Waals surface area contributed by atoms with E-state index in [1.807, 2.05) is 30.3 Å². The molecule has 0 aliphatic carbocycles. The number of ether oxygens (including phenoxy) is 2. The molecule has 2 aromatic carbocycles. The molecular formula is C21H20BrNO4. The van der Waals surface area contributed by atoms with Crippen molar-refractivity contribution in [3.8, 4) is 5.75 Å². The number of hydrogen-bond donors (Lipinski definition) is 0. The van der Waals surface area contributed by atoms with E-state index in [2.05, 4.69) is 29.8 Å². The number of esters is 1. The zero-order valence-electron chi connectivity index (χ0n) is 15.4. The predicted octanol–water partition coefficient (Wildman–Crippen LogP) is 5.03. The molecule has 0 radical (unpaired) electrons. The molecule has 5 nitrogen and oxygen atoms in total. The van der Waals surface area contributed by atoms with Gasteiger partial charge in [-0.2, -0.15) is 0 Å². The summed E-state index contributed by atoms with van der Waals surface area (Å²) in [6.45, 7) is 4.07. The summed E-state index contributed by atoms with van der Waals surface area (Å²) in [5.74, 6) is 0.240. The molecule has 0 bridgehead atoms. The van der Waals surface area contributed by atoms with Crippen LogP contribution in [0, 0.1) is 0 Å². The van der Waals surface area contributed by atoms with E-state index in [9.17, 15) is 9.59 Å². The maximum Gasteiger partial charge on any atom is 0.340 e. The van der Waals surface area contributed by atoms with Crippen molar-refractivity contribution in [2.75, 3.05) is 13.7 Å². The molecule has 27 heavy (non-hydrogen) atoms. The monoisotopic (exact) mass is 429 g/mol. The van der Waals surface area contributed by atoms with Gasteiger partial charge in [-0.3, -0.25) is 9.36 Å². The summed E-state index contributed by atoms with van der Waals surface area (Å²) in [5.41, 5.74) is 2.17. The summed E-state index contributed by atoms with van der Waals surface area (Å²) < 4.78 is 12.7. The second-order valence-corrected chi connectivity index (χ2v) is 7.30. The fraction of sp³-hybridized carbons (Fsp3) is 0.238. The smallest absolute Gasteiger partial charge is 0.340 e. The molecule has 0 aliphatic rings. The molecule has 1 heterocycles. The Morgan fingerprint density at radius 1 is 1.15 bits per heavy atom. The highest BCUT2D eigenvalue weighted by atomic mass is 79.9. The van der Waals surface area contributed by atoms with Crippen LogP contribution in [0.5, 0.6) is 5.75 Å². The van der Waals surface area contributed by atoms with Crippen LogP contribution in [0.1, 0.15) is 40.5 Å². The first kappa shape index (κ1) is 19.2. The van der Waals surface area contributed by atoms with Gasteiger partial charge in [0.15, 0.2) is 6.61 Å². The zero-order valence-corrected chi connectivity index (χ0v) is 16.9. The third kappa shape index (κ3) is 3.90. The molecule has 0 atom stereocenters. The van der Waals surface area contributed by atoms with E-state index in [0.29, 0.717) is 28.1 Å². The number of fused-ring (bicyclic) bond motifs is 1. The highest BCUT2D eigenvalue weighted by molar-refractivity contribution is 9.10. The highest BCUT2D eigenvalue weighted by Crippen LogP contribution is 2.29. The lowest BCUT2D eigenvalue weighted by molar-refractivity contribution is 0.0603. The van der Waals surface area contributed by atoms with E-state index in [-0.39, 0.29) is 12.5 Å². The van der Waals surface area contributed by atoms with Gasteiger partial charge in [0.05, 0.1) is 22.7 Å². The van der Waals surface area contributed by atoms with Crippen LogP contribution in [0.25, 0.3) is 10.9 Å². The number of hydrogen-bond acceptors (Lipinski definition) is 4. The Balaban J connectivity index is 1.84. The number of aromatic nitrogens is 1. The van der Waals surface area contributed by atoms with Gasteiger partial charge in [-0.25, -0.2) is 4.79 Å². The fourth-order valence-corrected chi connectivity index (χ4v) is 3.37. The minimum atomic E-state index is -0.481. The number of halogens is 1. The van der Waals surface area contributed by atoms with Gasteiger partial charge in [0, 0.05) is 11.6 Å². The number of para-hydroxylation sites is 1. The van der Waals surface area contributed by atoms with Crippen molar-refractivity contribution in [3.05, 3.63) is 64.3 Å². The molecule has 3 rings (SSSR count). The lowest BCUT2D eigenvalue weighted by Crippen LogP contribution is -2.18. The van der Waals surface area contributed by atoms with E-state index >= 15 is 0 Å². The molecule has 6 heteroatoms. The number of carbonyl (C=O) groups excluding carboxylic acids is 2. The Bertz CT molecular complexity index is 1010. The van der Waals surface area contributed by atoms with Crippen molar-refractivity contribution in [1.29, 1.82) is 0 Å². The average Bonchev–Trinajstić information content (AvgIpc) is 3.06. The number of rotatable bonds is 5. The molecule has 0 saturated heterocycles. The molecule has 3 aromatic rings. The summed E-state index contributed by atoms with van der Waals surface area (Å²) in [6.07, 6.45) is 1.50. The summed E-state index contributed by atoms with van der Waals surface area (Å²) in [6, 6.07) is 13.0. The van der Waals surface area contributed by atoms with E-state index in [1.54, 1.807) is 12.1 Å². The van der Waals surface area contributed by atoms with Crippen molar-refractivity contribution in [2.45, 2.75) is 19.8 Å². The molecule has 0 aliphatic heterocycles. The normalized spacial score (nSPS) is 11.0. The molecule has 0 N–H and O–H groups in total. The summed E-state index contributed by atoms with van der Waals surface area (Å²) >= 11 is 3.49. The van der Waals surface area contributed by atoms with Gasteiger partial charge in [0.1, 0.15) is 5.75 Å². The van der Waals surface area contributed by atoms with Crippen molar-refractivity contribution in [3.63, 3.8) is 0 Å². The Morgan fingerprint density at radius 2 is 1.89 bits per heavy atom. The number of benzene rings is 2. The Kier molecular flexibility index (Phi) is 5.65. The Labute approximate surface area is 166 Å². The number of carbonyl (C=O) groups is 2. The minimum absolute atomic E-state index is 0.154. The third-order valence-electron chi connectivity index (χ3n) is 4.36. The van der Waals surface area contributed by atoms with Crippen molar-refractivity contribution < 1.29 is 19.1 Å². The summed E-state index contributed by atoms with van der Waals surface area (Å²) in [4.78, 5) is 24.7. The van der Waals surface area contributed by atoms with Crippen molar-refractivity contribution in [1.82, 2.24) is 4.57 Å². The van der Waals surface area contributed by atoms with Gasteiger partial charge in [0.2, 0.25) is 0 Å². The van der Waals surface area contributed by atoms with Gasteiger partial charge in [0.25, 0.3) is 5.91 Å². The first-order valence-corrected chi connectivity index (χ1v) is 9.35. The van der Waals surface area contributed by atoms with Gasteiger partial charge in [-0.15, -0.1) is 0 Å². The number of methoxy groups -OCH3 is 1. The molecule has 0 amide bonds. The van der Waals surface area contributed by atoms with Crippen LogP contribution in [0.15, 0.2) is 53.1 Å². The molecule has 0 saturated carbocycles. The van der Waals surface area contributed by atoms with Gasteiger partial charge in [-0.05, 0) is 45.6 Å². The Morgan fingerprint density at radius 3 is 2.56 bits per heavy atom. The molecule has 1 aromatic heterocycles. The van der Waals surface area contributed by atoms with Crippen LogP contribution < -0.4 is 4.74 Å². The van der Waals surface area contributed by atoms with Crippen LogP contribution in [0.4, 0.5) is 0 Å². The second kappa shape index (κ2) is 7.96. The van der Waals surface area contributed by atoms with Gasteiger partial charge >= 0.3 is 5.97 Å². The quantitative estimate of drug-likeness (QED) is 0.533. The maximum absolute atomic E-state index is 12.7. The van der Waals surface area contributed by atoms with Crippen LogP contribution in [0.2, 0.25) is 0 Å². The maximum atomic E-state index is 12.7. The second-order valence-electron chi connectivity index (χ2n) is 6.45. The first-order chi connectivity index (χ1) is 12.9. The SMILES string of the molecule is COC(=O)c1cn(C(=O)COc2ccc(C(C)C)cc2Br)c2ccccc12. The Hall–Kier alpha value is -2.60. The lowest BCUT2D eigenvalue weighted by atomic mass is 10.0. The molecule has 140 valence electrons. The average molecular weight is 430 g/mol. The fourth-order valence-electron chi connectivity index (χ4n) is 2.86. The molecule has 0 unspecified atom stereocenters. The predicted molar refractivity (Wildman–Crippen MR) is 108 cm³/mol. The minimum Gasteiger partial charge on any atom is -0.483 e. The molecule has 0 fully saturated rings. The largest absolute Gasteiger partial charge is 0.483 e. The third-order valence-corrected chi connectivity index (χ3v) is 4.98. The zero-order chi connectivity index (χ0) is 19.6. The van der Waals surface area contributed by atoms with Gasteiger partial charge < -0.3 is 9.47 Å². The van der Waals surface area contributed by atoms with Crippen molar-refractivity contribution >= 4 is 38.7 Å². The lowest BCUT2D eigenvalue weighted by Gasteiger charge is -2.11. The van der Waals surface area contributed by atoms with Crippen LogP contribution in [0.3, 0.4) is 0 Å². The molecule has 0 spiro atoms. The molecular weight excluding hydrogens is 410 g/mol. The van der Waals surface area contributed by atoms with E-state index < -0.39 is 5.97 Å². The number of nitrogens with zero attached hydrogens (tertiary/aromatic N) is 1. The first-order valence-electron chi connectivity index (χ1n) is 8.56. The van der Waals surface area contributed by atoms with E-state index in [4.69, 9.17) is 9.47 Å². The summed E-state index contributed by atoms with van der Waals surface area (Å²) in [5, 5.41) is 0.667. The highest BCUT2D eigenvalue weighted by Gasteiger charge is 2.19.